The molecule has 0 aromatic carbocycles. The fourth-order valence-corrected chi connectivity index (χ4v) is 4.04. The van der Waals surface area contributed by atoms with Crippen molar-refractivity contribution in [1.82, 2.24) is 14.6 Å². The molecule has 2 rings (SSSR count). The van der Waals surface area contributed by atoms with E-state index in [2.05, 4.69) is 10.3 Å². The summed E-state index contributed by atoms with van der Waals surface area (Å²) in [5, 5.41) is 3.11. The minimum Gasteiger partial charge on any atom is -0.377 e. The molecule has 1 fully saturated rings. The second kappa shape index (κ2) is 6.39. The van der Waals surface area contributed by atoms with Crippen molar-refractivity contribution >= 4 is 10.0 Å². The van der Waals surface area contributed by atoms with Gasteiger partial charge < -0.3 is 10.1 Å². The molecule has 1 aliphatic heterocycles. The Morgan fingerprint density at radius 3 is 2.81 bits per heavy atom. The van der Waals surface area contributed by atoms with Crippen LogP contribution in [-0.4, -0.2) is 50.6 Å². The highest BCUT2D eigenvalue weighted by atomic mass is 32.2. The Kier molecular flexibility index (Phi) is 4.98. The van der Waals surface area contributed by atoms with Crippen molar-refractivity contribution in [2.45, 2.75) is 36.9 Å². The largest absolute Gasteiger partial charge is 0.377 e. The minimum absolute atomic E-state index is 0.0997. The number of rotatable bonds is 5. The van der Waals surface area contributed by atoms with Gasteiger partial charge in [0.2, 0.25) is 0 Å². The van der Waals surface area contributed by atoms with Crippen LogP contribution in [0.25, 0.3) is 0 Å². The summed E-state index contributed by atoms with van der Waals surface area (Å²) in [5.41, 5.74) is 0.536. The van der Waals surface area contributed by atoms with Crippen LogP contribution in [0.15, 0.2) is 23.4 Å². The summed E-state index contributed by atoms with van der Waals surface area (Å²) >= 11 is 0. The van der Waals surface area contributed by atoms with Crippen LogP contribution in [0.4, 0.5) is 0 Å². The lowest BCUT2D eigenvalue weighted by atomic mass is 9.96. The molecule has 0 amide bonds. The Morgan fingerprint density at radius 1 is 1.48 bits per heavy atom. The van der Waals surface area contributed by atoms with E-state index in [0.29, 0.717) is 19.6 Å². The van der Waals surface area contributed by atoms with Gasteiger partial charge in [-0.1, -0.05) is 6.07 Å². The first-order chi connectivity index (χ1) is 9.91. The number of pyridine rings is 1. The lowest BCUT2D eigenvalue weighted by Gasteiger charge is -2.38. The number of ether oxygens (including phenoxy) is 1. The topological polar surface area (TPSA) is 71.5 Å². The van der Waals surface area contributed by atoms with Crippen LogP contribution in [0.3, 0.4) is 0 Å². The third-order valence-electron chi connectivity index (χ3n) is 3.90. The Hall–Kier alpha value is -1.02. The van der Waals surface area contributed by atoms with Gasteiger partial charge in [-0.15, -0.1) is 0 Å². The standard InChI is InChI=1S/C14H23N3O3S/c1-14(20-3)7-4-8-17(11-14)21(18,19)13-6-5-12(9-15-2)10-16-13/h5-6,10,15H,4,7-9,11H2,1-3H3. The second-order valence-corrected chi connectivity index (χ2v) is 7.52. The van der Waals surface area contributed by atoms with Crippen LogP contribution in [0.2, 0.25) is 0 Å². The number of nitrogens with zero attached hydrogens (tertiary/aromatic N) is 2. The predicted octanol–water partition coefficient (Wildman–Crippen LogP) is 0.991. The molecule has 0 radical (unpaired) electrons. The Labute approximate surface area is 126 Å². The maximum atomic E-state index is 12.7. The first-order valence-electron chi connectivity index (χ1n) is 7.06. The summed E-state index contributed by atoms with van der Waals surface area (Å²) in [6.07, 6.45) is 3.26. The summed E-state index contributed by atoms with van der Waals surface area (Å²) in [7, 11) is -0.0899. The Morgan fingerprint density at radius 2 is 2.24 bits per heavy atom. The highest BCUT2D eigenvalue weighted by Gasteiger charge is 2.37. The van der Waals surface area contributed by atoms with Gasteiger partial charge in [0.05, 0.1) is 5.60 Å². The van der Waals surface area contributed by atoms with E-state index in [0.717, 1.165) is 18.4 Å². The molecule has 6 nitrogen and oxygen atoms in total. The van der Waals surface area contributed by atoms with Crippen molar-refractivity contribution in [3.8, 4) is 0 Å². The molecule has 1 atom stereocenters. The number of methoxy groups -OCH3 is 1. The average Bonchev–Trinajstić information content (AvgIpc) is 2.48. The zero-order chi connectivity index (χ0) is 15.5. The maximum Gasteiger partial charge on any atom is 0.260 e. The van der Waals surface area contributed by atoms with Crippen LogP contribution in [0.1, 0.15) is 25.3 Å². The maximum absolute atomic E-state index is 12.7. The van der Waals surface area contributed by atoms with Gasteiger partial charge in [0.15, 0.2) is 5.03 Å². The molecule has 0 aliphatic carbocycles. The molecular formula is C14H23N3O3S. The van der Waals surface area contributed by atoms with Crippen LogP contribution in [-0.2, 0) is 21.3 Å². The minimum atomic E-state index is -3.55. The van der Waals surface area contributed by atoms with E-state index in [1.54, 1.807) is 25.4 Å². The molecule has 1 saturated heterocycles. The first kappa shape index (κ1) is 16.4. The summed E-state index contributed by atoms with van der Waals surface area (Å²) in [4.78, 5) is 4.11. The Balaban J connectivity index is 2.21. The van der Waals surface area contributed by atoms with E-state index in [4.69, 9.17) is 4.74 Å². The van der Waals surface area contributed by atoms with E-state index in [1.165, 1.54) is 4.31 Å². The lowest BCUT2D eigenvalue weighted by Crippen LogP contribution is -2.49. The van der Waals surface area contributed by atoms with Gasteiger partial charge in [0.1, 0.15) is 0 Å². The number of hydrogen-bond donors (Lipinski definition) is 1. The number of sulfonamides is 1. The van der Waals surface area contributed by atoms with Gasteiger partial charge in [-0.3, -0.25) is 0 Å². The molecule has 1 N–H and O–H groups in total. The van der Waals surface area contributed by atoms with Crippen molar-refractivity contribution in [3.05, 3.63) is 23.9 Å². The molecule has 0 saturated carbocycles. The van der Waals surface area contributed by atoms with E-state index in [9.17, 15) is 8.42 Å². The lowest BCUT2D eigenvalue weighted by molar-refractivity contribution is -0.0319. The predicted molar refractivity (Wildman–Crippen MR) is 80.4 cm³/mol. The molecule has 1 aliphatic rings. The zero-order valence-corrected chi connectivity index (χ0v) is 13.6. The van der Waals surface area contributed by atoms with Gasteiger partial charge >= 0.3 is 0 Å². The van der Waals surface area contributed by atoms with E-state index >= 15 is 0 Å². The van der Waals surface area contributed by atoms with Gasteiger partial charge in [0, 0.05) is 32.9 Å². The molecular weight excluding hydrogens is 290 g/mol. The van der Waals surface area contributed by atoms with Crippen molar-refractivity contribution in [1.29, 1.82) is 0 Å². The monoisotopic (exact) mass is 313 g/mol. The highest BCUT2D eigenvalue weighted by Crippen LogP contribution is 2.27. The fraction of sp³-hybridized carbons (Fsp3) is 0.643. The highest BCUT2D eigenvalue weighted by molar-refractivity contribution is 7.89. The summed E-state index contributed by atoms with van der Waals surface area (Å²) in [5.74, 6) is 0. The van der Waals surface area contributed by atoms with Crippen molar-refractivity contribution in [2.24, 2.45) is 0 Å². The second-order valence-electron chi connectivity index (χ2n) is 5.63. The molecule has 1 aromatic heterocycles. The molecule has 1 unspecified atom stereocenters. The molecule has 2 heterocycles. The van der Waals surface area contributed by atoms with Crippen molar-refractivity contribution in [2.75, 3.05) is 27.2 Å². The Bertz CT molecular complexity index is 574. The fourth-order valence-electron chi connectivity index (χ4n) is 2.54. The smallest absolute Gasteiger partial charge is 0.260 e. The van der Waals surface area contributed by atoms with E-state index in [-0.39, 0.29) is 5.03 Å². The molecule has 7 heteroatoms. The number of nitrogens with one attached hydrogen (secondary N) is 1. The molecule has 1 aromatic rings. The molecule has 118 valence electrons. The van der Waals surface area contributed by atoms with Crippen LogP contribution < -0.4 is 5.32 Å². The zero-order valence-electron chi connectivity index (χ0n) is 12.8. The van der Waals surface area contributed by atoms with Crippen molar-refractivity contribution in [3.63, 3.8) is 0 Å². The summed E-state index contributed by atoms with van der Waals surface area (Å²) in [6, 6.07) is 3.36. The quantitative estimate of drug-likeness (QED) is 0.878. The van der Waals surface area contributed by atoms with Gasteiger partial charge in [-0.2, -0.15) is 4.31 Å². The summed E-state index contributed by atoms with van der Waals surface area (Å²) in [6.45, 7) is 3.49. The molecule has 0 spiro atoms. The third-order valence-corrected chi connectivity index (χ3v) is 5.66. The van der Waals surface area contributed by atoms with Crippen LogP contribution in [0, 0.1) is 0 Å². The van der Waals surface area contributed by atoms with Gasteiger partial charge in [0.25, 0.3) is 10.0 Å². The number of piperidine rings is 1. The summed E-state index contributed by atoms with van der Waals surface area (Å²) < 4.78 is 32.2. The van der Waals surface area contributed by atoms with Gasteiger partial charge in [-0.25, -0.2) is 13.4 Å². The molecule has 21 heavy (non-hydrogen) atoms. The van der Waals surface area contributed by atoms with Gasteiger partial charge in [-0.05, 0) is 38.4 Å². The number of aromatic nitrogens is 1. The van der Waals surface area contributed by atoms with E-state index in [1.807, 2.05) is 14.0 Å². The number of hydrogen-bond acceptors (Lipinski definition) is 5. The molecule has 0 bridgehead atoms. The van der Waals surface area contributed by atoms with Crippen molar-refractivity contribution < 1.29 is 13.2 Å². The van der Waals surface area contributed by atoms with Crippen LogP contribution in [0.5, 0.6) is 0 Å². The SMILES string of the molecule is CNCc1ccc(S(=O)(=O)N2CCCC(C)(OC)C2)nc1. The van der Waals surface area contributed by atoms with E-state index < -0.39 is 15.6 Å². The van der Waals surface area contributed by atoms with Crippen LogP contribution >= 0.6 is 0 Å². The first-order valence-corrected chi connectivity index (χ1v) is 8.50. The normalized spacial score (nSPS) is 24.1. The average molecular weight is 313 g/mol. The third kappa shape index (κ3) is 3.60.